The highest BCUT2D eigenvalue weighted by molar-refractivity contribution is 9.10. The largest absolute Gasteiger partial charge is 0.466 e. The lowest BCUT2D eigenvalue weighted by molar-refractivity contribution is 0.505. The van der Waals surface area contributed by atoms with Crippen molar-refractivity contribution in [1.82, 2.24) is 9.78 Å². The molecule has 20 heavy (non-hydrogen) atoms. The number of aromatic nitrogens is 2. The molecule has 0 atom stereocenters. The zero-order valence-corrected chi connectivity index (χ0v) is 12.8. The van der Waals surface area contributed by atoms with Gasteiger partial charge in [0.15, 0.2) is 0 Å². The van der Waals surface area contributed by atoms with E-state index in [2.05, 4.69) is 21.0 Å². The number of furan rings is 1. The summed E-state index contributed by atoms with van der Waals surface area (Å²) in [5.41, 5.74) is 9.38. The molecule has 0 spiro atoms. The fraction of sp³-hybridized carbons (Fsp3) is 0.133. The molecule has 5 heteroatoms. The third-order valence-corrected chi connectivity index (χ3v) is 3.66. The Labute approximate surface area is 125 Å². The monoisotopic (exact) mass is 331 g/mol. The Morgan fingerprint density at radius 2 is 1.90 bits per heavy atom. The first-order valence-corrected chi connectivity index (χ1v) is 7.02. The quantitative estimate of drug-likeness (QED) is 0.769. The van der Waals surface area contributed by atoms with Crippen LogP contribution in [0.1, 0.15) is 11.5 Å². The molecule has 0 aliphatic carbocycles. The van der Waals surface area contributed by atoms with E-state index in [1.165, 1.54) is 0 Å². The van der Waals surface area contributed by atoms with Crippen molar-refractivity contribution < 1.29 is 4.42 Å². The summed E-state index contributed by atoms with van der Waals surface area (Å²) in [5, 5.41) is 4.57. The number of hydrogen-bond donors (Lipinski definition) is 1. The summed E-state index contributed by atoms with van der Waals surface area (Å²) < 4.78 is 8.35. The maximum atomic E-state index is 6.08. The van der Waals surface area contributed by atoms with E-state index in [1.807, 2.05) is 50.4 Å². The Morgan fingerprint density at radius 1 is 1.20 bits per heavy atom. The van der Waals surface area contributed by atoms with Crippen LogP contribution in [0, 0.1) is 13.8 Å². The van der Waals surface area contributed by atoms with Crippen LogP contribution in [0.3, 0.4) is 0 Å². The van der Waals surface area contributed by atoms with Gasteiger partial charge in [0, 0.05) is 10.0 Å². The number of aryl methyl sites for hydroxylation is 2. The lowest BCUT2D eigenvalue weighted by atomic mass is 10.1. The van der Waals surface area contributed by atoms with Crippen LogP contribution in [0.25, 0.3) is 16.9 Å². The van der Waals surface area contributed by atoms with E-state index in [0.717, 1.165) is 32.9 Å². The molecule has 2 N–H and O–H groups in total. The summed E-state index contributed by atoms with van der Waals surface area (Å²) in [7, 11) is 0. The number of hydrogen-bond acceptors (Lipinski definition) is 3. The zero-order chi connectivity index (χ0) is 14.3. The van der Waals surface area contributed by atoms with Crippen molar-refractivity contribution in [1.29, 1.82) is 0 Å². The van der Waals surface area contributed by atoms with Crippen LogP contribution < -0.4 is 5.73 Å². The van der Waals surface area contributed by atoms with Crippen molar-refractivity contribution in [3.8, 4) is 16.9 Å². The topological polar surface area (TPSA) is 57.0 Å². The first kappa shape index (κ1) is 13.0. The molecule has 1 aromatic carbocycles. The third kappa shape index (κ3) is 2.25. The number of nitrogen functional groups attached to an aromatic ring is 1. The lowest BCUT2D eigenvalue weighted by Gasteiger charge is -2.00. The Hall–Kier alpha value is -2.01. The average molecular weight is 332 g/mol. The predicted molar refractivity (Wildman–Crippen MR) is 82.9 cm³/mol. The maximum Gasteiger partial charge on any atom is 0.119 e. The minimum absolute atomic E-state index is 0.636. The predicted octanol–water partition coefficient (Wildman–Crippen LogP) is 4.09. The van der Waals surface area contributed by atoms with Crippen molar-refractivity contribution >= 4 is 21.6 Å². The van der Waals surface area contributed by atoms with Gasteiger partial charge in [0.2, 0.25) is 0 Å². The molecule has 2 heterocycles. The van der Waals surface area contributed by atoms with E-state index in [-0.39, 0.29) is 0 Å². The molecule has 102 valence electrons. The van der Waals surface area contributed by atoms with Gasteiger partial charge in [-0.15, -0.1) is 0 Å². The molecule has 0 aliphatic rings. The Bertz CT molecular complexity index is 756. The van der Waals surface area contributed by atoms with Gasteiger partial charge in [0.1, 0.15) is 17.2 Å². The molecule has 0 radical (unpaired) electrons. The van der Waals surface area contributed by atoms with E-state index in [1.54, 1.807) is 4.68 Å². The minimum Gasteiger partial charge on any atom is -0.466 e. The van der Waals surface area contributed by atoms with Gasteiger partial charge in [-0.1, -0.05) is 15.9 Å². The molecule has 4 nitrogen and oxygen atoms in total. The SMILES string of the molecule is Cc1cc(-c2nn(-c3ccc(Br)cc3)cc2N)c(C)o1. The van der Waals surface area contributed by atoms with Crippen LogP contribution >= 0.6 is 15.9 Å². The molecule has 0 saturated carbocycles. The zero-order valence-electron chi connectivity index (χ0n) is 11.2. The fourth-order valence-electron chi connectivity index (χ4n) is 2.19. The van der Waals surface area contributed by atoms with Crippen LogP contribution in [0.2, 0.25) is 0 Å². The van der Waals surface area contributed by atoms with Crippen molar-refractivity contribution in [2.45, 2.75) is 13.8 Å². The van der Waals surface area contributed by atoms with Crippen LogP contribution in [0.5, 0.6) is 0 Å². The number of nitrogens with zero attached hydrogens (tertiary/aromatic N) is 2. The van der Waals surface area contributed by atoms with Crippen LogP contribution in [0.4, 0.5) is 5.69 Å². The molecule has 0 saturated heterocycles. The normalized spacial score (nSPS) is 10.9. The van der Waals surface area contributed by atoms with Crippen molar-refractivity contribution in [2.75, 3.05) is 5.73 Å². The van der Waals surface area contributed by atoms with E-state index < -0.39 is 0 Å². The molecule has 2 aromatic heterocycles. The fourth-order valence-corrected chi connectivity index (χ4v) is 2.45. The smallest absolute Gasteiger partial charge is 0.119 e. The average Bonchev–Trinajstić information content (AvgIpc) is 2.93. The van der Waals surface area contributed by atoms with Gasteiger partial charge >= 0.3 is 0 Å². The summed E-state index contributed by atoms with van der Waals surface area (Å²) in [6, 6.07) is 9.86. The summed E-state index contributed by atoms with van der Waals surface area (Å²) in [6.07, 6.45) is 1.82. The molecule has 0 aliphatic heterocycles. The van der Waals surface area contributed by atoms with Gasteiger partial charge in [-0.05, 0) is 44.2 Å². The van der Waals surface area contributed by atoms with Crippen LogP contribution in [-0.4, -0.2) is 9.78 Å². The van der Waals surface area contributed by atoms with Gasteiger partial charge in [0.25, 0.3) is 0 Å². The Balaban J connectivity index is 2.07. The molecule has 0 fully saturated rings. The Kier molecular flexibility index (Phi) is 3.14. The van der Waals surface area contributed by atoms with Crippen molar-refractivity contribution in [2.24, 2.45) is 0 Å². The molecular weight excluding hydrogens is 318 g/mol. The highest BCUT2D eigenvalue weighted by atomic mass is 79.9. The maximum absolute atomic E-state index is 6.08. The molecule has 3 rings (SSSR count). The number of rotatable bonds is 2. The molecule has 0 bridgehead atoms. The van der Waals surface area contributed by atoms with Gasteiger partial charge in [0.05, 0.1) is 17.6 Å². The van der Waals surface area contributed by atoms with Gasteiger partial charge in [-0.3, -0.25) is 0 Å². The first-order chi connectivity index (χ1) is 9.54. The van der Waals surface area contributed by atoms with Crippen LogP contribution in [0.15, 0.2) is 45.4 Å². The summed E-state index contributed by atoms with van der Waals surface area (Å²) in [4.78, 5) is 0. The van der Waals surface area contributed by atoms with Crippen LogP contribution in [-0.2, 0) is 0 Å². The van der Waals surface area contributed by atoms with Gasteiger partial charge in [-0.2, -0.15) is 5.10 Å². The molecule has 3 aromatic rings. The highest BCUT2D eigenvalue weighted by Crippen LogP contribution is 2.30. The van der Waals surface area contributed by atoms with Crippen molar-refractivity contribution in [3.63, 3.8) is 0 Å². The molecule has 0 unspecified atom stereocenters. The molecule has 0 amide bonds. The third-order valence-electron chi connectivity index (χ3n) is 3.13. The second-order valence-corrected chi connectivity index (χ2v) is 5.60. The van der Waals surface area contributed by atoms with Crippen molar-refractivity contribution in [3.05, 3.63) is 52.5 Å². The van der Waals surface area contributed by atoms with E-state index >= 15 is 0 Å². The minimum atomic E-state index is 0.636. The second kappa shape index (κ2) is 4.83. The lowest BCUT2D eigenvalue weighted by Crippen LogP contribution is -1.94. The van der Waals surface area contributed by atoms with E-state index in [0.29, 0.717) is 5.69 Å². The number of halogens is 1. The van der Waals surface area contributed by atoms with Gasteiger partial charge in [-0.25, -0.2) is 4.68 Å². The van der Waals surface area contributed by atoms with E-state index in [4.69, 9.17) is 10.2 Å². The van der Waals surface area contributed by atoms with E-state index in [9.17, 15) is 0 Å². The summed E-state index contributed by atoms with van der Waals surface area (Å²) in [5.74, 6) is 1.69. The second-order valence-electron chi connectivity index (χ2n) is 4.68. The number of benzene rings is 1. The highest BCUT2D eigenvalue weighted by Gasteiger charge is 2.15. The standard InChI is InChI=1S/C15H14BrN3O/c1-9-7-13(10(2)20-9)15-14(17)8-19(18-15)12-5-3-11(16)4-6-12/h3-8H,17H2,1-2H3. The summed E-state index contributed by atoms with van der Waals surface area (Å²) in [6.45, 7) is 3.83. The Morgan fingerprint density at radius 3 is 2.50 bits per heavy atom. The number of nitrogens with two attached hydrogens (primary N) is 1. The van der Waals surface area contributed by atoms with Gasteiger partial charge < -0.3 is 10.2 Å². The molecular formula is C15H14BrN3O. The summed E-state index contributed by atoms with van der Waals surface area (Å²) >= 11 is 3.42. The first-order valence-electron chi connectivity index (χ1n) is 6.23. The number of anilines is 1.